The van der Waals surface area contributed by atoms with Crippen LogP contribution in [0.4, 0.5) is 4.79 Å². The van der Waals surface area contributed by atoms with Gasteiger partial charge in [0.25, 0.3) is 5.91 Å². The number of thiophene rings is 1. The number of nitrogens with zero attached hydrogens (tertiary/aromatic N) is 4. The topological polar surface area (TPSA) is 102 Å². The molecule has 0 unspecified atom stereocenters. The quantitative estimate of drug-likeness (QED) is 0.426. The molecule has 0 aliphatic carbocycles. The summed E-state index contributed by atoms with van der Waals surface area (Å²) in [5, 5.41) is 12.8. The number of hydrogen-bond donors (Lipinski definition) is 2. The lowest BCUT2D eigenvalue weighted by Crippen LogP contribution is -2.49. The molecule has 9 nitrogen and oxygen atoms in total. The second-order valence-corrected chi connectivity index (χ2v) is 10.2. The third-order valence-corrected chi connectivity index (χ3v) is 7.76. The number of aryl methyl sites for hydroxylation is 3. The summed E-state index contributed by atoms with van der Waals surface area (Å²) in [6, 6.07) is 7.66. The predicted octanol–water partition coefficient (Wildman–Crippen LogP) is 4.47. The Morgan fingerprint density at radius 2 is 2.09 bits per heavy atom. The van der Waals surface area contributed by atoms with Crippen LogP contribution in [0.2, 0.25) is 0 Å². The number of carbonyl (C=O) groups excluding carboxylic acids is 1. The highest BCUT2D eigenvalue weighted by atomic mass is 32.1. The Balaban J connectivity index is 1.55. The number of carboxylic acid groups (broad SMARTS) is 1. The fraction of sp³-hybridized carbons (Fsp3) is 0.400. The van der Waals surface area contributed by atoms with Gasteiger partial charge in [-0.2, -0.15) is 0 Å². The average Bonchev–Trinajstić information content (AvgIpc) is 3.46. The molecule has 1 fully saturated rings. The molecular weight excluding hydrogens is 466 g/mol. The molecule has 1 aromatic carbocycles. The Morgan fingerprint density at radius 3 is 2.80 bits per heavy atom. The summed E-state index contributed by atoms with van der Waals surface area (Å²) in [4.78, 5) is 33.6. The van der Waals surface area contributed by atoms with Crippen molar-refractivity contribution in [2.45, 2.75) is 39.3 Å². The van der Waals surface area contributed by atoms with Crippen molar-refractivity contribution >= 4 is 44.6 Å². The summed E-state index contributed by atoms with van der Waals surface area (Å²) >= 11 is 1.77. The van der Waals surface area contributed by atoms with Crippen LogP contribution in [0.3, 0.4) is 0 Å². The number of ether oxygens (including phenoxy) is 1. The van der Waals surface area contributed by atoms with Gasteiger partial charge in [0.05, 0.1) is 18.3 Å². The van der Waals surface area contributed by atoms with E-state index in [2.05, 4.69) is 35.9 Å². The van der Waals surface area contributed by atoms with Gasteiger partial charge in [0, 0.05) is 48.6 Å². The van der Waals surface area contributed by atoms with Crippen LogP contribution in [0.1, 0.15) is 35.0 Å². The molecule has 4 aromatic rings. The normalized spacial score (nSPS) is 16.2. The van der Waals surface area contributed by atoms with Crippen molar-refractivity contribution in [3.8, 4) is 17.3 Å². The van der Waals surface area contributed by atoms with Crippen LogP contribution in [0, 0.1) is 6.92 Å². The van der Waals surface area contributed by atoms with E-state index in [1.807, 2.05) is 17.7 Å². The van der Waals surface area contributed by atoms with E-state index in [4.69, 9.17) is 14.8 Å². The molecule has 1 aliphatic rings. The van der Waals surface area contributed by atoms with Crippen molar-refractivity contribution in [2.75, 3.05) is 20.2 Å². The molecule has 0 saturated carbocycles. The number of rotatable bonds is 5. The molecule has 5 rings (SSSR count). The van der Waals surface area contributed by atoms with Crippen LogP contribution in [0.15, 0.2) is 24.3 Å². The largest absolute Gasteiger partial charge is 0.494 e. The van der Waals surface area contributed by atoms with E-state index >= 15 is 0 Å². The summed E-state index contributed by atoms with van der Waals surface area (Å²) in [7, 11) is 3.56. The number of methoxy groups -OCH3 is 1. The smallest absolute Gasteiger partial charge is 0.404 e. The number of carbonyl (C=O) groups is 2. The van der Waals surface area contributed by atoms with Crippen LogP contribution in [-0.2, 0) is 13.6 Å². The first kappa shape index (κ1) is 23.2. The van der Waals surface area contributed by atoms with Gasteiger partial charge in [0.2, 0.25) is 0 Å². The van der Waals surface area contributed by atoms with Crippen molar-refractivity contribution < 1.29 is 19.4 Å². The van der Waals surface area contributed by atoms with Crippen LogP contribution in [0.25, 0.3) is 32.8 Å². The molecule has 1 atom stereocenters. The summed E-state index contributed by atoms with van der Waals surface area (Å²) in [5.74, 6) is 1.24. The minimum absolute atomic E-state index is 0.151. The van der Waals surface area contributed by atoms with Crippen LogP contribution in [-0.4, -0.2) is 62.4 Å². The SMILES string of the molecule is CCn1c(-c2nc3cc(C(=O)N4CCC[C@@H](NC(=O)O)C4)cc(OC)c3n2C)cc2cc(C)sc21. The molecule has 0 radical (unpaired) electrons. The zero-order valence-corrected chi connectivity index (χ0v) is 21.1. The van der Waals surface area contributed by atoms with Crippen molar-refractivity contribution in [3.05, 3.63) is 34.7 Å². The lowest BCUT2D eigenvalue weighted by Gasteiger charge is -2.32. The zero-order chi connectivity index (χ0) is 24.9. The summed E-state index contributed by atoms with van der Waals surface area (Å²) in [6.45, 7) is 6.00. The van der Waals surface area contributed by atoms with Gasteiger partial charge in [-0.15, -0.1) is 11.3 Å². The molecule has 1 saturated heterocycles. The summed E-state index contributed by atoms with van der Waals surface area (Å²) in [5.41, 5.74) is 3.02. The number of benzene rings is 1. The van der Waals surface area contributed by atoms with Gasteiger partial charge in [-0.3, -0.25) is 4.79 Å². The molecule has 4 heterocycles. The Kier molecular flexibility index (Phi) is 5.92. The van der Waals surface area contributed by atoms with E-state index in [0.29, 0.717) is 29.9 Å². The number of amides is 2. The van der Waals surface area contributed by atoms with E-state index in [1.165, 1.54) is 15.1 Å². The van der Waals surface area contributed by atoms with Gasteiger partial charge in [0.1, 0.15) is 16.1 Å². The first-order chi connectivity index (χ1) is 16.8. The van der Waals surface area contributed by atoms with Crippen LogP contribution < -0.4 is 10.1 Å². The van der Waals surface area contributed by atoms with E-state index in [-0.39, 0.29) is 11.9 Å². The lowest BCUT2D eigenvalue weighted by atomic mass is 10.0. The molecule has 0 spiro atoms. The molecule has 2 N–H and O–H groups in total. The number of aromatic nitrogens is 3. The van der Waals surface area contributed by atoms with Crippen LogP contribution in [0.5, 0.6) is 5.75 Å². The Bertz CT molecular complexity index is 1450. The molecule has 10 heteroatoms. The summed E-state index contributed by atoms with van der Waals surface area (Å²) < 4.78 is 10.00. The minimum Gasteiger partial charge on any atom is -0.494 e. The van der Waals surface area contributed by atoms with Gasteiger partial charge in [-0.1, -0.05) is 0 Å². The highest BCUT2D eigenvalue weighted by Crippen LogP contribution is 2.36. The van der Waals surface area contributed by atoms with Crippen molar-refractivity contribution in [2.24, 2.45) is 7.05 Å². The van der Waals surface area contributed by atoms with Gasteiger partial charge < -0.3 is 29.2 Å². The minimum atomic E-state index is -1.07. The number of hydrogen-bond acceptors (Lipinski definition) is 5. The first-order valence-corrected chi connectivity index (χ1v) is 12.6. The lowest BCUT2D eigenvalue weighted by molar-refractivity contribution is 0.0692. The summed E-state index contributed by atoms with van der Waals surface area (Å²) in [6.07, 6.45) is 0.394. The van der Waals surface area contributed by atoms with Gasteiger partial charge >= 0.3 is 6.09 Å². The average molecular weight is 496 g/mol. The molecule has 0 bridgehead atoms. The number of nitrogens with one attached hydrogen (secondary N) is 1. The van der Waals surface area contributed by atoms with Crippen molar-refractivity contribution in [1.82, 2.24) is 24.3 Å². The maximum Gasteiger partial charge on any atom is 0.404 e. The number of likely N-dealkylation sites (tertiary alicyclic amines) is 1. The van der Waals surface area contributed by atoms with Crippen molar-refractivity contribution in [1.29, 1.82) is 0 Å². The number of fused-ring (bicyclic) bond motifs is 2. The Labute approximate surface area is 206 Å². The molecule has 35 heavy (non-hydrogen) atoms. The fourth-order valence-corrected chi connectivity index (χ4v) is 6.19. The zero-order valence-electron chi connectivity index (χ0n) is 20.3. The highest BCUT2D eigenvalue weighted by molar-refractivity contribution is 7.18. The molecule has 3 aromatic heterocycles. The first-order valence-electron chi connectivity index (χ1n) is 11.7. The molecular formula is C25H29N5O4S. The predicted molar refractivity (Wildman–Crippen MR) is 137 cm³/mol. The van der Waals surface area contributed by atoms with E-state index in [0.717, 1.165) is 36.4 Å². The van der Waals surface area contributed by atoms with Gasteiger partial charge in [-0.05, 0) is 51.0 Å². The Morgan fingerprint density at radius 1 is 1.29 bits per heavy atom. The van der Waals surface area contributed by atoms with E-state index in [1.54, 1.807) is 29.4 Å². The fourth-order valence-electron chi connectivity index (χ4n) is 5.13. The van der Waals surface area contributed by atoms with Crippen molar-refractivity contribution in [3.63, 3.8) is 0 Å². The second-order valence-electron chi connectivity index (χ2n) is 8.97. The highest BCUT2D eigenvalue weighted by Gasteiger charge is 2.27. The monoisotopic (exact) mass is 495 g/mol. The van der Waals surface area contributed by atoms with Crippen LogP contribution >= 0.6 is 11.3 Å². The second kappa shape index (κ2) is 8.92. The van der Waals surface area contributed by atoms with E-state index in [9.17, 15) is 9.59 Å². The molecule has 2 amide bonds. The molecule has 1 aliphatic heterocycles. The third kappa shape index (κ3) is 4.01. The third-order valence-electron chi connectivity index (χ3n) is 6.67. The maximum absolute atomic E-state index is 13.4. The van der Waals surface area contributed by atoms with Gasteiger partial charge in [0.15, 0.2) is 5.82 Å². The maximum atomic E-state index is 13.4. The Hall–Kier alpha value is -3.53. The number of piperidine rings is 1. The standard InChI is InChI=1S/C25H29N5O4S/c1-5-30-19(11-16-9-14(2)35-24(16)30)22-27-18-10-15(12-20(34-4)21(18)28(22)3)23(31)29-8-6-7-17(13-29)26-25(32)33/h9-12,17,26H,5-8,13H2,1-4H3,(H,32,33)/t17-/m1/s1. The van der Waals surface area contributed by atoms with Gasteiger partial charge in [-0.25, -0.2) is 9.78 Å². The number of imidazole rings is 1. The molecule has 184 valence electrons. The van der Waals surface area contributed by atoms with E-state index < -0.39 is 6.09 Å².